The highest BCUT2D eigenvalue weighted by atomic mass is 16.1. The van der Waals surface area contributed by atoms with Crippen LogP contribution in [0.2, 0.25) is 0 Å². The molecule has 3 rings (SSSR count). The number of aryl methyl sites for hydroxylation is 3. The minimum absolute atomic E-state index is 0.0814. The van der Waals surface area contributed by atoms with Gasteiger partial charge >= 0.3 is 0 Å². The van der Waals surface area contributed by atoms with Crippen molar-refractivity contribution in [1.82, 2.24) is 0 Å². The van der Waals surface area contributed by atoms with E-state index in [9.17, 15) is 9.59 Å². The Hall–Kier alpha value is -3.14. The van der Waals surface area contributed by atoms with Gasteiger partial charge in [-0.1, -0.05) is 36.4 Å². The molecule has 2 aromatic heterocycles. The smallest absolute Gasteiger partial charge is 0.227 e. The molecule has 4 nitrogen and oxygen atoms in total. The van der Waals surface area contributed by atoms with Crippen LogP contribution in [-0.4, -0.2) is 11.6 Å². The number of benzene rings is 1. The van der Waals surface area contributed by atoms with Crippen molar-refractivity contribution in [3.63, 3.8) is 0 Å². The zero-order valence-corrected chi connectivity index (χ0v) is 16.5. The van der Waals surface area contributed by atoms with Gasteiger partial charge in [0.25, 0.3) is 0 Å². The van der Waals surface area contributed by atoms with Crippen molar-refractivity contribution in [1.29, 1.82) is 0 Å². The highest BCUT2D eigenvalue weighted by molar-refractivity contribution is 5.95. The van der Waals surface area contributed by atoms with Gasteiger partial charge in [-0.25, -0.2) is 0 Å². The molecule has 0 aliphatic carbocycles. The highest BCUT2D eigenvalue weighted by Gasteiger charge is 2.15. The second kappa shape index (κ2) is 9.18. The van der Waals surface area contributed by atoms with Gasteiger partial charge in [-0.15, -0.1) is 0 Å². The van der Waals surface area contributed by atoms with Gasteiger partial charge in [-0.05, 0) is 12.0 Å². The lowest BCUT2D eigenvalue weighted by molar-refractivity contribution is -0.690. The maximum Gasteiger partial charge on any atom is 0.227 e. The van der Waals surface area contributed by atoms with Gasteiger partial charge in [0.2, 0.25) is 18.9 Å². The molecule has 1 aromatic carbocycles. The second-order valence-electron chi connectivity index (χ2n) is 7.10. The van der Waals surface area contributed by atoms with E-state index in [1.165, 1.54) is 0 Å². The molecule has 0 spiro atoms. The maximum atomic E-state index is 12.5. The summed E-state index contributed by atoms with van der Waals surface area (Å²) in [5.41, 5.74) is 3.90. The molecule has 142 valence electrons. The lowest BCUT2D eigenvalue weighted by Gasteiger charge is -2.04. The van der Waals surface area contributed by atoms with Crippen LogP contribution in [0.5, 0.6) is 0 Å². The van der Waals surface area contributed by atoms with Crippen LogP contribution in [0.4, 0.5) is 0 Å². The van der Waals surface area contributed by atoms with E-state index in [2.05, 4.69) is 0 Å². The first-order valence-corrected chi connectivity index (χ1v) is 9.57. The number of carbonyl (C=O) groups is 2. The summed E-state index contributed by atoms with van der Waals surface area (Å²) >= 11 is 0. The number of hydrogen-bond donors (Lipinski definition) is 0. The Bertz CT molecular complexity index is 978. The Morgan fingerprint density at radius 1 is 0.750 bits per heavy atom. The van der Waals surface area contributed by atoms with Crippen LogP contribution >= 0.6 is 0 Å². The Kier molecular flexibility index (Phi) is 6.43. The van der Waals surface area contributed by atoms with Crippen molar-refractivity contribution in [2.75, 3.05) is 0 Å². The van der Waals surface area contributed by atoms with E-state index >= 15 is 0 Å². The van der Waals surface area contributed by atoms with Crippen LogP contribution in [0.25, 0.3) is 0 Å². The molecule has 0 saturated carbocycles. The van der Waals surface area contributed by atoms with Gasteiger partial charge < -0.3 is 0 Å². The van der Waals surface area contributed by atoms with E-state index in [0.717, 1.165) is 17.0 Å². The van der Waals surface area contributed by atoms with Crippen molar-refractivity contribution in [2.24, 2.45) is 0 Å². The minimum Gasteiger partial charge on any atom is -0.293 e. The molecule has 0 bridgehead atoms. The van der Waals surface area contributed by atoms with Gasteiger partial charge in [0.05, 0.1) is 0 Å². The molecule has 4 heteroatoms. The number of hydrogen-bond acceptors (Lipinski definition) is 2. The molecule has 3 aromatic rings. The Morgan fingerprint density at radius 2 is 1.32 bits per heavy atom. The molecular formula is C24H26N2O2+2. The largest absolute Gasteiger partial charge is 0.293 e. The third kappa shape index (κ3) is 5.19. The molecule has 28 heavy (non-hydrogen) atoms. The molecule has 0 saturated heterocycles. The van der Waals surface area contributed by atoms with Crippen molar-refractivity contribution < 1.29 is 18.7 Å². The van der Waals surface area contributed by atoms with Crippen molar-refractivity contribution in [2.45, 2.75) is 39.8 Å². The molecular weight excluding hydrogens is 348 g/mol. The predicted molar refractivity (Wildman–Crippen MR) is 107 cm³/mol. The zero-order chi connectivity index (χ0) is 19.9. The topological polar surface area (TPSA) is 41.9 Å². The molecule has 0 unspecified atom stereocenters. The number of aromatic nitrogens is 2. The van der Waals surface area contributed by atoms with E-state index < -0.39 is 0 Å². The van der Waals surface area contributed by atoms with E-state index in [4.69, 9.17) is 0 Å². The van der Waals surface area contributed by atoms with Crippen molar-refractivity contribution in [3.8, 4) is 0 Å². The molecule has 0 radical (unpaired) electrons. The lowest BCUT2D eigenvalue weighted by Crippen LogP contribution is -2.40. The summed E-state index contributed by atoms with van der Waals surface area (Å²) in [6.45, 7) is 4.72. The minimum atomic E-state index is 0.0814. The fraction of sp³-hybridized carbons (Fsp3) is 0.250. The summed E-state index contributed by atoms with van der Waals surface area (Å²) in [5, 5.41) is 0. The van der Waals surface area contributed by atoms with Gasteiger partial charge in [-0.3, -0.25) is 9.59 Å². The van der Waals surface area contributed by atoms with Gasteiger partial charge in [0.15, 0.2) is 29.6 Å². The average Bonchev–Trinajstić information content (AvgIpc) is 2.70. The Balaban J connectivity index is 1.54. The number of carbonyl (C=O) groups excluding carboxylic acids is 2. The Morgan fingerprint density at radius 3 is 1.89 bits per heavy atom. The first-order valence-electron chi connectivity index (χ1n) is 9.57. The average molecular weight is 374 g/mol. The highest BCUT2D eigenvalue weighted by Crippen LogP contribution is 2.08. The van der Waals surface area contributed by atoms with Crippen LogP contribution < -0.4 is 9.13 Å². The third-order valence-corrected chi connectivity index (χ3v) is 4.96. The van der Waals surface area contributed by atoms with Crippen LogP contribution in [0.1, 0.15) is 33.7 Å². The third-order valence-electron chi connectivity index (χ3n) is 4.96. The van der Waals surface area contributed by atoms with Crippen LogP contribution in [0.3, 0.4) is 0 Å². The number of Topliss-reactive ketones (excluding diaryl/α,β-unsaturated/α-hetero) is 2. The summed E-state index contributed by atoms with van der Waals surface area (Å²) in [7, 11) is 0. The van der Waals surface area contributed by atoms with Crippen LogP contribution in [0.15, 0.2) is 73.1 Å². The fourth-order valence-corrected chi connectivity index (χ4v) is 3.13. The SMILES string of the molecule is Cc1cccc[n+]1CC(=O)CCc1ccc(C(=O)C[n+]2ccccc2C)cc1. The van der Waals surface area contributed by atoms with E-state index in [1.807, 2.05) is 96.0 Å². The Labute approximate surface area is 166 Å². The molecule has 0 amide bonds. The van der Waals surface area contributed by atoms with Gasteiger partial charge in [0.1, 0.15) is 0 Å². The van der Waals surface area contributed by atoms with Gasteiger partial charge in [-0.2, -0.15) is 9.13 Å². The number of pyridine rings is 2. The second-order valence-corrected chi connectivity index (χ2v) is 7.10. The van der Waals surface area contributed by atoms with E-state index in [-0.39, 0.29) is 11.6 Å². The fourth-order valence-electron chi connectivity index (χ4n) is 3.13. The van der Waals surface area contributed by atoms with E-state index in [0.29, 0.717) is 31.5 Å². The summed E-state index contributed by atoms with van der Waals surface area (Å²) < 4.78 is 3.91. The predicted octanol–water partition coefficient (Wildman–Crippen LogP) is 2.96. The zero-order valence-electron chi connectivity index (χ0n) is 16.5. The number of nitrogens with zero attached hydrogens (tertiary/aromatic N) is 2. The number of ketones is 2. The molecule has 0 N–H and O–H groups in total. The normalized spacial score (nSPS) is 10.6. The summed E-state index contributed by atoms with van der Waals surface area (Å²) in [4.78, 5) is 24.8. The van der Waals surface area contributed by atoms with E-state index in [1.54, 1.807) is 0 Å². The molecule has 0 atom stereocenters. The number of rotatable bonds is 8. The first-order chi connectivity index (χ1) is 13.5. The summed E-state index contributed by atoms with van der Waals surface area (Å²) in [5.74, 6) is 0.285. The molecule has 0 aliphatic rings. The summed E-state index contributed by atoms with van der Waals surface area (Å²) in [6, 6.07) is 19.4. The summed E-state index contributed by atoms with van der Waals surface area (Å²) in [6.07, 6.45) is 5.03. The van der Waals surface area contributed by atoms with Crippen molar-refractivity contribution >= 4 is 11.6 Å². The van der Waals surface area contributed by atoms with Crippen molar-refractivity contribution in [3.05, 3.63) is 95.6 Å². The maximum absolute atomic E-state index is 12.5. The lowest BCUT2D eigenvalue weighted by atomic mass is 10.0. The standard InChI is InChI=1S/C24H26N2O2/c1-19-7-3-5-15-25(19)17-23(27)14-11-21-9-12-22(13-10-21)24(28)18-26-16-6-4-8-20(26)2/h3-10,12-13,15-16H,11,14,17-18H2,1-2H3/q+2. The van der Waals surface area contributed by atoms with Crippen LogP contribution in [-0.2, 0) is 24.3 Å². The monoisotopic (exact) mass is 374 g/mol. The van der Waals surface area contributed by atoms with Gasteiger partial charge in [0, 0.05) is 50.1 Å². The quantitative estimate of drug-likeness (QED) is 0.449. The van der Waals surface area contributed by atoms with Crippen LogP contribution in [0, 0.1) is 13.8 Å². The first kappa shape index (κ1) is 19.6. The molecule has 0 fully saturated rings. The molecule has 2 heterocycles. The molecule has 0 aliphatic heterocycles.